The fraction of sp³-hybridized carbons (Fsp3) is 0.923. The molecule has 0 saturated carbocycles. The van der Waals surface area contributed by atoms with Crippen LogP contribution in [0.15, 0.2) is 0 Å². The predicted octanol–water partition coefficient (Wildman–Crippen LogP) is 2.59. The van der Waals surface area contributed by atoms with E-state index < -0.39 is 5.41 Å². The van der Waals surface area contributed by atoms with Crippen LogP contribution >= 0.6 is 0 Å². The molecule has 0 radical (unpaired) electrons. The summed E-state index contributed by atoms with van der Waals surface area (Å²) in [4.78, 5) is 11.9. The largest absolute Gasteiger partial charge is 0.465 e. The van der Waals surface area contributed by atoms with Crippen molar-refractivity contribution in [2.75, 3.05) is 13.2 Å². The summed E-state index contributed by atoms with van der Waals surface area (Å²) < 4.78 is 5.28. The SMILES string of the molecule is CC(C)COC(=O)C(C)(C)CC(C)(C)CN. The van der Waals surface area contributed by atoms with Crippen molar-refractivity contribution in [2.24, 2.45) is 22.5 Å². The lowest BCUT2D eigenvalue weighted by Crippen LogP contribution is -2.36. The van der Waals surface area contributed by atoms with Gasteiger partial charge in [-0.25, -0.2) is 0 Å². The van der Waals surface area contributed by atoms with Gasteiger partial charge in [0.25, 0.3) is 0 Å². The molecule has 0 spiro atoms. The highest BCUT2D eigenvalue weighted by molar-refractivity contribution is 5.75. The summed E-state index contributed by atoms with van der Waals surface area (Å²) in [5, 5.41) is 0. The average Bonchev–Trinajstić information content (AvgIpc) is 2.12. The second-order valence-corrected chi connectivity index (χ2v) is 6.42. The first-order valence-corrected chi connectivity index (χ1v) is 5.98. The van der Waals surface area contributed by atoms with Gasteiger partial charge in [0.15, 0.2) is 0 Å². The average molecular weight is 229 g/mol. The molecule has 0 rings (SSSR count). The Morgan fingerprint density at radius 3 is 2.12 bits per heavy atom. The van der Waals surface area contributed by atoms with Gasteiger partial charge in [-0.3, -0.25) is 4.79 Å². The van der Waals surface area contributed by atoms with Crippen LogP contribution in [0.2, 0.25) is 0 Å². The molecule has 0 unspecified atom stereocenters. The van der Waals surface area contributed by atoms with E-state index in [9.17, 15) is 4.79 Å². The quantitative estimate of drug-likeness (QED) is 0.712. The van der Waals surface area contributed by atoms with Gasteiger partial charge in [-0.15, -0.1) is 0 Å². The van der Waals surface area contributed by atoms with E-state index in [1.54, 1.807) is 0 Å². The molecule has 96 valence electrons. The first-order chi connectivity index (χ1) is 7.10. The minimum atomic E-state index is -0.461. The third-order valence-corrected chi connectivity index (χ3v) is 2.57. The lowest BCUT2D eigenvalue weighted by molar-refractivity contribution is -0.156. The maximum absolute atomic E-state index is 11.9. The van der Waals surface area contributed by atoms with Crippen LogP contribution in [0.5, 0.6) is 0 Å². The third-order valence-electron chi connectivity index (χ3n) is 2.57. The molecule has 0 aromatic carbocycles. The van der Waals surface area contributed by atoms with Gasteiger partial charge in [0.1, 0.15) is 0 Å². The van der Waals surface area contributed by atoms with E-state index in [1.165, 1.54) is 0 Å². The summed E-state index contributed by atoms with van der Waals surface area (Å²) in [5.74, 6) is 0.255. The Labute approximate surface area is 99.7 Å². The predicted molar refractivity (Wildman–Crippen MR) is 67.0 cm³/mol. The summed E-state index contributed by atoms with van der Waals surface area (Å²) in [6.07, 6.45) is 0.743. The number of nitrogens with two attached hydrogens (primary N) is 1. The van der Waals surface area contributed by atoms with Crippen LogP contribution < -0.4 is 5.73 Å². The van der Waals surface area contributed by atoms with E-state index in [0.717, 1.165) is 6.42 Å². The van der Waals surface area contributed by atoms with Crippen LogP contribution in [0.3, 0.4) is 0 Å². The van der Waals surface area contributed by atoms with Gasteiger partial charge in [0.2, 0.25) is 0 Å². The molecule has 0 aromatic rings. The van der Waals surface area contributed by atoms with Crippen molar-refractivity contribution in [1.82, 2.24) is 0 Å². The number of hydrogen-bond acceptors (Lipinski definition) is 3. The molecule has 2 N–H and O–H groups in total. The highest BCUT2D eigenvalue weighted by Gasteiger charge is 2.35. The van der Waals surface area contributed by atoms with E-state index in [1.807, 2.05) is 27.7 Å². The zero-order chi connectivity index (χ0) is 13.0. The van der Waals surface area contributed by atoms with E-state index in [0.29, 0.717) is 19.1 Å². The molecule has 0 aromatic heterocycles. The molecule has 16 heavy (non-hydrogen) atoms. The number of ether oxygens (including phenoxy) is 1. The molecule has 0 amide bonds. The Kier molecular flexibility index (Phi) is 5.47. The second kappa shape index (κ2) is 5.67. The molecule has 0 aliphatic carbocycles. The molecule has 0 aliphatic heterocycles. The maximum atomic E-state index is 11.9. The van der Waals surface area contributed by atoms with Gasteiger partial charge < -0.3 is 10.5 Å². The zero-order valence-corrected chi connectivity index (χ0v) is 11.6. The summed E-state index contributed by atoms with van der Waals surface area (Å²) in [6.45, 7) is 13.1. The third kappa shape index (κ3) is 5.50. The molecule has 0 atom stereocenters. The number of carbonyl (C=O) groups is 1. The van der Waals surface area contributed by atoms with E-state index in [-0.39, 0.29) is 11.4 Å². The minimum Gasteiger partial charge on any atom is -0.465 e. The first-order valence-electron chi connectivity index (χ1n) is 5.98. The van der Waals surface area contributed by atoms with Crippen molar-refractivity contribution < 1.29 is 9.53 Å². The topological polar surface area (TPSA) is 52.3 Å². The molecule has 0 heterocycles. The van der Waals surface area contributed by atoms with E-state index in [4.69, 9.17) is 10.5 Å². The van der Waals surface area contributed by atoms with Crippen LogP contribution in [0.25, 0.3) is 0 Å². The molecule has 3 nitrogen and oxygen atoms in total. The molecule has 0 fully saturated rings. The maximum Gasteiger partial charge on any atom is 0.311 e. The summed E-state index contributed by atoms with van der Waals surface area (Å²) in [7, 11) is 0. The normalized spacial score (nSPS) is 13.0. The highest BCUT2D eigenvalue weighted by atomic mass is 16.5. The zero-order valence-electron chi connectivity index (χ0n) is 11.6. The Balaban J connectivity index is 4.36. The summed E-state index contributed by atoms with van der Waals surface area (Å²) in [5.41, 5.74) is 5.20. The van der Waals surface area contributed by atoms with Gasteiger partial charge >= 0.3 is 5.97 Å². The van der Waals surface area contributed by atoms with Crippen molar-refractivity contribution in [2.45, 2.75) is 48.0 Å². The molecule has 0 saturated heterocycles. The minimum absolute atomic E-state index is 0.0274. The van der Waals surface area contributed by atoms with Crippen molar-refractivity contribution in [3.05, 3.63) is 0 Å². The molecule has 0 bridgehead atoms. The van der Waals surface area contributed by atoms with Gasteiger partial charge in [-0.05, 0) is 38.1 Å². The van der Waals surface area contributed by atoms with Crippen LogP contribution in [-0.2, 0) is 9.53 Å². The van der Waals surface area contributed by atoms with Gasteiger partial charge in [0.05, 0.1) is 12.0 Å². The summed E-state index contributed by atoms with van der Waals surface area (Å²) >= 11 is 0. The van der Waals surface area contributed by atoms with Crippen molar-refractivity contribution in [3.8, 4) is 0 Å². The lowest BCUT2D eigenvalue weighted by atomic mass is 9.75. The molecule has 3 heteroatoms. The summed E-state index contributed by atoms with van der Waals surface area (Å²) in [6, 6.07) is 0. The Morgan fingerprint density at radius 1 is 1.25 bits per heavy atom. The smallest absolute Gasteiger partial charge is 0.311 e. The van der Waals surface area contributed by atoms with Crippen molar-refractivity contribution in [3.63, 3.8) is 0 Å². The van der Waals surface area contributed by atoms with E-state index >= 15 is 0 Å². The number of esters is 1. The van der Waals surface area contributed by atoms with Gasteiger partial charge in [0, 0.05) is 0 Å². The Bertz CT molecular complexity index is 232. The fourth-order valence-electron chi connectivity index (χ4n) is 1.78. The number of rotatable bonds is 6. The van der Waals surface area contributed by atoms with Gasteiger partial charge in [-0.1, -0.05) is 27.7 Å². The van der Waals surface area contributed by atoms with Crippen LogP contribution in [0.1, 0.15) is 48.0 Å². The Morgan fingerprint density at radius 2 is 1.75 bits per heavy atom. The second-order valence-electron chi connectivity index (χ2n) is 6.42. The lowest BCUT2D eigenvalue weighted by Gasteiger charge is -2.32. The fourth-order valence-corrected chi connectivity index (χ4v) is 1.78. The Hall–Kier alpha value is -0.570. The van der Waals surface area contributed by atoms with Crippen molar-refractivity contribution in [1.29, 1.82) is 0 Å². The monoisotopic (exact) mass is 229 g/mol. The van der Waals surface area contributed by atoms with E-state index in [2.05, 4.69) is 13.8 Å². The molecular weight excluding hydrogens is 202 g/mol. The standard InChI is InChI=1S/C13H27NO2/c1-10(2)7-16-11(15)13(5,6)8-12(3,4)9-14/h10H,7-9,14H2,1-6H3. The van der Waals surface area contributed by atoms with Crippen LogP contribution in [0, 0.1) is 16.7 Å². The molecule has 0 aliphatic rings. The number of carbonyl (C=O) groups excluding carboxylic acids is 1. The molecular formula is C13H27NO2. The van der Waals surface area contributed by atoms with Crippen LogP contribution in [-0.4, -0.2) is 19.1 Å². The highest BCUT2D eigenvalue weighted by Crippen LogP contribution is 2.33. The van der Waals surface area contributed by atoms with Crippen LogP contribution in [0.4, 0.5) is 0 Å². The van der Waals surface area contributed by atoms with Crippen molar-refractivity contribution >= 4 is 5.97 Å². The first kappa shape index (κ1) is 15.4. The number of hydrogen-bond donors (Lipinski definition) is 1. The van der Waals surface area contributed by atoms with Gasteiger partial charge in [-0.2, -0.15) is 0 Å².